The van der Waals surface area contributed by atoms with Crippen LogP contribution in [0.4, 0.5) is 0 Å². The molecule has 2 N–H and O–H groups in total. The normalized spacial score (nSPS) is 35.8. The summed E-state index contributed by atoms with van der Waals surface area (Å²) >= 11 is 0. The molecule has 12 heavy (non-hydrogen) atoms. The summed E-state index contributed by atoms with van der Waals surface area (Å²) in [6.45, 7) is 5.99. The van der Waals surface area contributed by atoms with Crippen LogP contribution in [0.2, 0.25) is 0 Å². The smallest absolute Gasteiger partial charge is 0.0929 e. The lowest BCUT2D eigenvalue weighted by atomic mass is 9.78. The van der Waals surface area contributed by atoms with E-state index < -0.39 is 5.60 Å². The largest absolute Gasteiger partial charge is 0.392 e. The lowest BCUT2D eigenvalue weighted by Crippen LogP contribution is -2.41. The molecule has 0 aromatic rings. The predicted molar refractivity (Wildman–Crippen MR) is 48.7 cm³/mol. The van der Waals surface area contributed by atoms with Crippen LogP contribution in [0.15, 0.2) is 11.6 Å². The molecule has 70 valence electrons. The molecule has 0 spiro atoms. The van der Waals surface area contributed by atoms with Gasteiger partial charge < -0.3 is 10.2 Å². The molecule has 0 fully saturated rings. The Kier molecular flexibility index (Phi) is 2.59. The third-order valence-electron chi connectivity index (χ3n) is 3.03. The summed E-state index contributed by atoms with van der Waals surface area (Å²) in [6.07, 6.45) is 2.84. The Morgan fingerprint density at radius 1 is 1.67 bits per heavy atom. The predicted octanol–water partition coefficient (Wildman–Crippen LogP) is 1.33. The van der Waals surface area contributed by atoms with E-state index in [9.17, 15) is 5.11 Å². The zero-order valence-electron chi connectivity index (χ0n) is 8.04. The molecule has 0 amide bonds. The molecule has 1 aliphatic carbocycles. The Bertz CT molecular complexity index is 196. The average Bonchev–Trinajstić information content (AvgIpc) is 2.30. The van der Waals surface area contributed by atoms with Crippen LogP contribution in [0.1, 0.15) is 27.2 Å². The molecule has 0 saturated heterocycles. The highest BCUT2D eigenvalue weighted by Gasteiger charge is 2.43. The molecule has 0 aromatic carbocycles. The van der Waals surface area contributed by atoms with E-state index in [-0.39, 0.29) is 18.4 Å². The van der Waals surface area contributed by atoms with Crippen molar-refractivity contribution in [3.05, 3.63) is 11.6 Å². The fourth-order valence-electron chi connectivity index (χ4n) is 2.11. The van der Waals surface area contributed by atoms with Crippen molar-refractivity contribution < 1.29 is 10.2 Å². The summed E-state index contributed by atoms with van der Waals surface area (Å²) < 4.78 is 0. The second-order valence-corrected chi connectivity index (χ2v) is 4.00. The van der Waals surface area contributed by atoms with Crippen molar-refractivity contribution in [2.75, 3.05) is 6.61 Å². The SMILES string of the molecule is CC(C)C1(O)C(CO)=CCC1C. The maximum atomic E-state index is 10.3. The lowest BCUT2D eigenvalue weighted by Gasteiger charge is -2.34. The Labute approximate surface area is 73.9 Å². The summed E-state index contributed by atoms with van der Waals surface area (Å²) in [6, 6.07) is 0. The molecule has 0 saturated carbocycles. The first-order valence-corrected chi connectivity index (χ1v) is 4.56. The van der Waals surface area contributed by atoms with Crippen molar-refractivity contribution in [1.82, 2.24) is 0 Å². The number of hydrogen-bond donors (Lipinski definition) is 2. The second-order valence-electron chi connectivity index (χ2n) is 4.00. The maximum absolute atomic E-state index is 10.3. The fourth-order valence-corrected chi connectivity index (χ4v) is 2.11. The fraction of sp³-hybridized carbons (Fsp3) is 0.800. The van der Waals surface area contributed by atoms with Gasteiger partial charge in [-0.1, -0.05) is 26.8 Å². The van der Waals surface area contributed by atoms with E-state index >= 15 is 0 Å². The van der Waals surface area contributed by atoms with Crippen molar-refractivity contribution in [3.8, 4) is 0 Å². The van der Waals surface area contributed by atoms with E-state index in [2.05, 4.69) is 0 Å². The van der Waals surface area contributed by atoms with Crippen LogP contribution in [0, 0.1) is 11.8 Å². The molecule has 2 atom stereocenters. The van der Waals surface area contributed by atoms with Crippen LogP contribution in [0.25, 0.3) is 0 Å². The second kappa shape index (κ2) is 3.19. The summed E-state index contributed by atoms with van der Waals surface area (Å²) in [4.78, 5) is 0. The minimum atomic E-state index is -0.769. The minimum Gasteiger partial charge on any atom is -0.392 e. The molecule has 2 unspecified atom stereocenters. The minimum absolute atomic E-state index is 0.0149. The van der Waals surface area contributed by atoms with Crippen LogP contribution >= 0.6 is 0 Å². The van der Waals surface area contributed by atoms with Gasteiger partial charge in [0.05, 0.1) is 12.2 Å². The molecule has 1 aliphatic rings. The van der Waals surface area contributed by atoms with Gasteiger partial charge in [-0.3, -0.25) is 0 Å². The lowest BCUT2D eigenvalue weighted by molar-refractivity contribution is -0.0142. The first kappa shape index (κ1) is 9.75. The third-order valence-corrected chi connectivity index (χ3v) is 3.03. The van der Waals surface area contributed by atoms with Gasteiger partial charge in [0.15, 0.2) is 0 Å². The van der Waals surface area contributed by atoms with Crippen molar-refractivity contribution in [1.29, 1.82) is 0 Å². The van der Waals surface area contributed by atoms with Crippen molar-refractivity contribution in [2.24, 2.45) is 11.8 Å². The summed E-state index contributed by atoms with van der Waals surface area (Å²) in [5, 5.41) is 19.3. The van der Waals surface area contributed by atoms with Gasteiger partial charge in [0.25, 0.3) is 0 Å². The zero-order chi connectivity index (χ0) is 9.35. The number of aliphatic hydroxyl groups excluding tert-OH is 1. The van der Waals surface area contributed by atoms with Gasteiger partial charge in [-0.15, -0.1) is 0 Å². The highest BCUT2D eigenvalue weighted by atomic mass is 16.3. The molecule has 0 radical (unpaired) electrons. The van der Waals surface area contributed by atoms with Crippen molar-refractivity contribution in [2.45, 2.75) is 32.8 Å². The zero-order valence-corrected chi connectivity index (χ0v) is 8.04. The van der Waals surface area contributed by atoms with Gasteiger partial charge in [0.2, 0.25) is 0 Å². The first-order valence-electron chi connectivity index (χ1n) is 4.56. The van der Waals surface area contributed by atoms with Gasteiger partial charge in [0, 0.05) is 0 Å². The van der Waals surface area contributed by atoms with E-state index in [0.29, 0.717) is 0 Å². The van der Waals surface area contributed by atoms with Crippen LogP contribution in [0.5, 0.6) is 0 Å². The monoisotopic (exact) mass is 170 g/mol. The number of hydrogen-bond acceptors (Lipinski definition) is 2. The maximum Gasteiger partial charge on any atom is 0.0929 e. The van der Waals surface area contributed by atoms with Gasteiger partial charge >= 0.3 is 0 Å². The molecule has 0 aromatic heterocycles. The highest BCUT2D eigenvalue weighted by molar-refractivity contribution is 5.25. The number of rotatable bonds is 2. The first-order chi connectivity index (χ1) is 5.53. The Balaban J connectivity index is 2.91. The van der Waals surface area contributed by atoms with Crippen molar-refractivity contribution >= 4 is 0 Å². The summed E-state index contributed by atoms with van der Waals surface area (Å²) in [5.74, 6) is 0.410. The Morgan fingerprint density at radius 3 is 2.58 bits per heavy atom. The third kappa shape index (κ3) is 1.19. The summed E-state index contributed by atoms with van der Waals surface area (Å²) in [5.41, 5.74) is 0.0272. The van der Waals surface area contributed by atoms with Gasteiger partial charge in [0.1, 0.15) is 0 Å². The van der Waals surface area contributed by atoms with E-state index in [1.54, 1.807) is 0 Å². The standard InChI is InChI=1S/C10H18O2/c1-7(2)10(12)8(3)4-5-9(10)6-11/h5,7-8,11-12H,4,6H2,1-3H3. The average molecular weight is 170 g/mol. The van der Waals surface area contributed by atoms with Gasteiger partial charge in [-0.2, -0.15) is 0 Å². The summed E-state index contributed by atoms with van der Waals surface area (Å²) in [7, 11) is 0. The number of aliphatic hydroxyl groups is 2. The van der Waals surface area contributed by atoms with Crippen LogP contribution in [-0.4, -0.2) is 22.4 Å². The molecule has 1 rings (SSSR count). The molecular weight excluding hydrogens is 152 g/mol. The van der Waals surface area contributed by atoms with E-state index in [0.717, 1.165) is 12.0 Å². The van der Waals surface area contributed by atoms with E-state index in [4.69, 9.17) is 5.11 Å². The van der Waals surface area contributed by atoms with E-state index in [1.807, 2.05) is 26.8 Å². The Morgan fingerprint density at radius 2 is 2.25 bits per heavy atom. The molecule has 2 heteroatoms. The molecular formula is C10H18O2. The van der Waals surface area contributed by atoms with Crippen LogP contribution in [-0.2, 0) is 0 Å². The molecule has 0 heterocycles. The van der Waals surface area contributed by atoms with Crippen LogP contribution in [0.3, 0.4) is 0 Å². The van der Waals surface area contributed by atoms with E-state index in [1.165, 1.54) is 0 Å². The van der Waals surface area contributed by atoms with Crippen LogP contribution < -0.4 is 0 Å². The Hall–Kier alpha value is -0.340. The number of allylic oxidation sites excluding steroid dienone is 1. The van der Waals surface area contributed by atoms with Gasteiger partial charge in [-0.25, -0.2) is 0 Å². The quantitative estimate of drug-likeness (QED) is 0.614. The molecule has 0 aliphatic heterocycles. The highest BCUT2D eigenvalue weighted by Crippen LogP contribution is 2.40. The molecule has 2 nitrogen and oxygen atoms in total. The van der Waals surface area contributed by atoms with Gasteiger partial charge in [-0.05, 0) is 23.8 Å². The molecule has 0 bridgehead atoms. The topological polar surface area (TPSA) is 40.5 Å². The van der Waals surface area contributed by atoms with Crippen molar-refractivity contribution in [3.63, 3.8) is 0 Å².